The van der Waals surface area contributed by atoms with E-state index in [2.05, 4.69) is 10.2 Å². The van der Waals surface area contributed by atoms with Crippen LogP contribution in [0.1, 0.15) is 0 Å². The molecule has 25 heavy (non-hydrogen) atoms. The van der Waals surface area contributed by atoms with Gasteiger partial charge in [-0.2, -0.15) is 0 Å². The lowest BCUT2D eigenvalue weighted by Crippen LogP contribution is -2.57. The van der Waals surface area contributed by atoms with Crippen LogP contribution < -0.4 is 5.84 Å². The molecule has 1 aromatic carbocycles. The van der Waals surface area contributed by atoms with Crippen LogP contribution in [-0.4, -0.2) is 71.8 Å². The molecule has 1 aromatic heterocycles. The highest BCUT2D eigenvalue weighted by Gasteiger charge is 2.44. The number of hydrogen-bond acceptors (Lipinski definition) is 9. The highest BCUT2D eigenvalue weighted by molar-refractivity contribution is 7.99. The van der Waals surface area contributed by atoms with Crippen LogP contribution >= 0.6 is 23.4 Å². The third-order valence-electron chi connectivity index (χ3n) is 3.84. The number of ether oxygens (including phenoxy) is 1. The molecule has 2 aromatic rings. The summed E-state index contributed by atoms with van der Waals surface area (Å²) in [5, 5.41) is 47.7. The number of aliphatic hydroxyl groups is 4. The van der Waals surface area contributed by atoms with Crippen LogP contribution in [0.25, 0.3) is 11.4 Å². The topological polar surface area (TPSA) is 147 Å². The van der Waals surface area contributed by atoms with Crippen LogP contribution in [0.5, 0.6) is 0 Å². The standard InChI is InChI=1S/C14H17ClN4O5S/c15-7-3-1-6(2-4-7)12-17-18-14(19(12)16)25-13-11(23)10(22)9(21)8(5-20)24-13/h1-4,8-11,13,20-23H,5,16H2/t8-,9-,10+,11-,13+/m1/s1. The van der Waals surface area contributed by atoms with Crippen LogP contribution in [0.3, 0.4) is 0 Å². The molecule has 2 heterocycles. The van der Waals surface area contributed by atoms with Gasteiger partial charge in [0.2, 0.25) is 5.16 Å². The average Bonchev–Trinajstić information content (AvgIpc) is 2.97. The number of nitrogens with zero attached hydrogens (tertiary/aromatic N) is 3. The van der Waals surface area contributed by atoms with Crippen molar-refractivity contribution < 1.29 is 25.2 Å². The average molecular weight is 389 g/mol. The Morgan fingerprint density at radius 2 is 1.80 bits per heavy atom. The lowest BCUT2D eigenvalue weighted by atomic mass is 10.0. The summed E-state index contributed by atoms with van der Waals surface area (Å²) in [6.45, 7) is -0.507. The Morgan fingerprint density at radius 1 is 1.12 bits per heavy atom. The molecular weight excluding hydrogens is 372 g/mol. The molecule has 0 radical (unpaired) electrons. The van der Waals surface area contributed by atoms with Gasteiger partial charge in [-0.25, -0.2) is 4.68 Å². The van der Waals surface area contributed by atoms with Gasteiger partial charge in [0.1, 0.15) is 29.9 Å². The Morgan fingerprint density at radius 3 is 2.44 bits per heavy atom. The second-order valence-corrected chi connectivity index (χ2v) is 7.00. The zero-order chi connectivity index (χ0) is 18.1. The number of nitrogens with two attached hydrogens (primary N) is 1. The molecule has 0 unspecified atom stereocenters. The molecule has 1 aliphatic rings. The van der Waals surface area contributed by atoms with E-state index in [-0.39, 0.29) is 5.16 Å². The number of aliphatic hydroxyl groups excluding tert-OH is 4. The monoisotopic (exact) mass is 388 g/mol. The zero-order valence-electron chi connectivity index (χ0n) is 12.8. The number of halogens is 1. The van der Waals surface area contributed by atoms with Crippen molar-refractivity contribution in [3.63, 3.8) is 0 Å². The van der Waals surface area contributed by atoms with E-state index >= 15 is 0 Å². The van der Waals surface area contributed by atoms with Crippen molar-refractivity contribution in [3.05, 3.63) is 29.3 Å². The van der Waals surface area contributed by atoms with Crippen LogP contribution in [0.2, 0.25) is 5.02 Å². The molecule has 11 heteroatoms. The van der Waals surface area contributed by atoms with Crippen LogP contribution in [0, 0.1) is 0 Å². The van der Waals surface area contributed by atoms with E-state index in [4.69, 9.17) is 22.2 Å². The van der Waals surface area contributed by atoms with Gasteiger partial charge in [-0.15, -0.1) is 10.2 Å². The summed E-state index contributed by atoms with van der Waals surface area (Å²) in [6.07, 6.45) is -5.27. The maximum Gasteiger partial charge on any atom is 0.212 e. The summed E-state index contributed by atoms with van der Waals surface area (Å²) >= 11 is 6.78. The fraction of sp³-hybridized carbons (Fsp3) is 0.429. The fourth-order valence-electron chi connectivity index (χ4n) is 2.42. The van der Waals surface area contributed by atoms with E-state index in [1.54, 1.807) is 24.3 Å². The molecule has 0 bridgehead atoms. The lowest BCUT2D eigenvalue weighted by Gasteiger charge is -2.39. The predicted molar refractivity (Wildman–Crippen MR) is 90.2 cm³/mol. The molecule has 0 saturated carbocycles. The molecule has 1 saturated heterocycles. The van der Waals surface area contributed by atoms with Gasteiger partial charge in [0.15, 0.2) is 5.82 Å². The van der Waals surface area contributed by atoms with Gasteiger partial charge in [-0.3, -0.25) is 0 Å². The Labute approximate surface area is 152 Å². The number of hydrogen-bond donors (Lipinski definition) is 5. The van der Waals surface area contributed by atoms with E-state index in [1.165, 1.54) is 4.68 Å². The number of benzene rings is 1. The van der Waals surface area contributed by atoms with Gasteiger partial charge < -0.3 is 31.0 Å². The molecule has 9 nitrogen and oxygen atoms in total. The largest absolute Gasteiger partial charge is 0.394 e. The van der Waals surface area contributed by atoms with Crippen molar-refractivity contribution in [2.45, 2.75) is 35.0 Å². The van der Waals surface area contributed by atoms with E-state index in [1.807, 2.05) is 0 Å². The number of rotatable bonds is 4. The SMILES string of the molecule is Nn1c(S[C@@H]2O[C@H](CO)[C@@H](O)[C@H](O)[C@H]2O)nnc1-c1ccc(Cl)cc1. The predicted octanol–water partition coefficient (Wildman–Crippen LogP) is -0.796. The molecule has 136 valence electrons. The lowest BCUT2D eigenvalue weighted by molar-refractivity contribution is -0.205. The van der Waals surface area contributed by atoms with Crippen molar-refractivity contribution in [2.75, 3.05) is 12.4 Å². The molecule has 0 aliphatic carbocycles. The summed E-state index contributed by atoms with van der Waals surface area (Å²) < 4.78 is 6.64. The molecule has 1 fully saturated rings. The third-order valence-corrected chi connectivity index (χ3v) is 5.20. The first kappa shape index (κ1) is 18.4. The molecule has 6 N–H and O–H groups in total. The van der Waals surface area contributed by atoms with Crippen molar-refractivity contribution in [1.82, 2.24) is 14.9 Å². The molecule has 1 aliphatic heterocycles. The Kier molecular flexibility index (Phi) is 5.49. The maximum atomic E-state index is 10.1. The van der Waals surface area contributed by atoms with E-state index in [0.29, 0.717) is 16.4 Å². The first-order valence-electron chi connectivity index (χ1n) is 7.36. The summed E-state index contributed by atoms with van der Waals surface area (Å²) in [5.74, 6) is 6.38. The number of thioether (sulfide) groups is 1. The summed E-state index contributed by atoms with van der Waals surface area (Å²) in [4.78, 5) is 0. The van der Waals surface area contributed by atoms with Crippen molar-refractivity contribution in [3.8, 4) is 11.4 Å². The van der Waals surface area contributed by atoms with E-state index in [0.717, 1.165) is 11.8 Å². The minimum atomic E-state index is -1.46. The number of nitrogen functional groups attached to an aromatic ring is 1. The molecule has 5 atom stereocenters. The van der Waals surface area contributed by atoms with Crippen molar-refractivity contribution in [2.24, 2.45) is 0 Å². The molecular formula is C14H17ClN4O5S. The van der Waals surface area contributed by atoms with Crippen LogP contribution in [0.4, 0.5) is 0 Å². The molecule has 0 spiro atoms. The highest BCUT2D eigenvalue weighted by atomic mass is 35.5. The maximum absolute atomic E-state index is 10.1. The Hall–Kier alpha value is -1.40. The summed E-state index contributed by atoms with van der Waals surface area (Å²) in [6, 6.07) is 6.85. The highest BCUT2D eigenvalue weighted by Crippen LogP contribution is 2.33. The van der Waals surface area contributed by atoms with E-state index in [9.17, 15) is 20.4 Å². The van der Waals surface area contributed by atoms with Gasteiger partial charge in [-0.05, 0) is 36.0 Å². The normalized spacial score (nSPS) is 29.7. The first-order valence-corrected chi connectivity index (χ1v) is 8.61. The van der Waals surface area contributed by atoms with Crippen LogP contribution in [-0.2, 0) is 4.74 Å². The quantitative estimate of drug-likeness (QED) is 0.425. The molecule has 0 amide bonds. The minimum absolute atomic E-state index is 0.231. The second-order valence-electron chi connectivity index (χ2n) is 5.50. The Bertz CT molecular complexity index is 729. The van der Waals surface area contributed by atoms with Crippen molar-refractivity contribution >= 4 is 23.4 Å². The van der Waals surface area contributed by atoms with Crippen LogP contribution in [0.15, 0.2) is 29.4 Å². The minimum Gasteiger partial charge on any atom is -0.394 e. The van der Waals surface area contributed by atoms with E-state index < -0.39 is 36.5 Å². The molecule has 3 rings (SSSR count). The summed E-state index contributed by atoms with van der Waals surface area (Å²) in [7, 11) is 0. The summed E-state index contributed by atoms with van der Waals surface area (Å²) in [5.41, 5.74) is -0.292. The van der Waals surface area contributed by atoms with Gasteiger partial charge >= 0.3 is 0 Å². The smallest absolute Gasteiger partial charge is 0.212 e. The van der Waals surface area contributed by atoms with Gasteiger partial charge in [0, 0.05) is 10.6 Å². The van der Waals surface area contributed by atoms with Crippen molar-refractivity contribution in [1.29, 1.82) is 0 Å². The number of aromatic nitrogens is 3. The van der Waals surface area contributed by atoms with Gasteiger partial charge in [0.05, 0.1) is 6.61 Å². The second kappa shape index (κ2) is 7.46. The van der Waals surface area contributed by atoms with Gasteiger partial charge in [0.25, 0.3) is 0 Å². The van der Waals surface area contributed by atoms with Gasteiger partial charge in [-0.1, -0.05) is 11.6 Å². The Balaban J connectivity index is 1.80. The third kappa shape index (κ3) is 3.60. The first-order chi connectivity index (χ1) is 11.9. The fourth-order valence-corrected chi connectivity index (χ4v) is 3.54. The zero-order valence-corrected chi connectivity index (χ0v) is 14.4.